The van der Waals surface area contributed by atoms with Crippen LogP contribution in [-0.4, -0.2) is 41.7 Å². The molecule has 0 radical (unpaired) electrons. The van der Waals surface area contributed by atoms with Crippen LogP contribution in [0.25, 0.3) is 22.3 Å². The summed E-state index contributed by atoms with van der Waals surface area (Å²) in [7, 11) is 1.36. The number of esters is 1. The molecule has 1 aromatic heterocycles. The molecule has 4 aromatic rings. The van der Waals surface area contributed by atoms with Crippen LogP contribution in [0.4, 0.5) is 0 Å². The molecule has 0 saturated heterocycles. The van der Waals surface area contributed by atoms with Crippen LogP contribution in [0.1, 0.15) is 46.3 Å². The van der Waals surface area contributed by atoms with Crippen molar-refractivity contribution < 1.29 is 24.2 Å². The van der Waals surface area contributed by atoms with E-state index in [0.717, 1.165) is 40.7 Å². The maximum absolute atomic E-state index is 12.4. The number of pyridine rings is 1. The number of ether oxygens (including phenoxy) is 2. The summed E-state index contributed by atoms with van der Waals surface area (Å²) in [6.07, 6.45) is 5.00. The number of nitrogens with one attached hydrogen (secondary N) is 1. The molecule has 0 aliphatic heterocycles. The molecule has 0 aliphatic rings. The van der Waals surface area contributed by atoms with Crippen molar-refractivity contribution in [3.05, 3.63) is 106 Å². The van der Waals surface area contributed by atoms with Crippen LogP contribution < -0.4 is 15.8 Å². The van der Waals surface area contributed by atoms with E-state index >= 15 is 0 Å². The zero-order valence-corrected chi connectivity index (χ0v) is 25.1. The van der Waals surface area contributed by atoms with Crippen molar-refractivity contribution in [1.29, 1.82) is 0 Å². The molecule has 4 N–H and O–H groups in total. The minimum absolute atomic E-state index is 0.0522. The molecule has 4 rings (SSSR count). The first-order chi connectivity index (χ1) is 20.8. The molecule has 0 fully saturated rings. The highest BCUT2D eigenvalue weighted by Gasteiger charge is 2.20. The average molecular weight is 602 g/mol. The smallest absolute Gasteiger partial charge is 0.337 e. The van der Waals surface area contributed by atoms with Crippen LogP contribution in [0.15, 0.2) is 79.1 Å². The number of unbranched alkanes of at least 4 members (excludes halogenated alkanes) is 1. The summed E-state index contributed by atoms with van der Waals surface area (Å²) in [5.41, 5.74) is 12.1. The second-order valence-electron chi connectivity index (χ2n) is 10.2. The van der Waals surface area contributed by atoms with Gasteiger partial charge in [0.1, 0.15) is 18.4 Å². The average Bonchev–Trinajstić information content (AvgIpc) is 3.02. The number of carbonyl (C=O) groups is 2. The molecule has 1 heterocycles. The van der Waals surface area contributed by atoms with E-state index in [9.17, 15) is 14.7 Å². The highest BCUT2D eigenvalue weighted by molar-refractivity contribution is 6.32. The molecule has 1 atom stereocenters. The highest BCUT2D eigenvalue weighted by atomic mass is 35.5. The number of benzene rings is 3. The van der Waals surface area contributed by atoms with Crippen LogP contribution in [0, 0.1) is 6.92 Å². The number of hydrogen-bond acceptors (Lipinski definition) is 7. The molecule has 0 spiro atoms. The maximum atomic E-state index is 12.4. The number of aromatic carboxylic acids is 1. The summed E-state index contributed by atoms with van der Waals surface area (Å²) in [6.45, 7) is 3.16. The Labute approximate surface area is 256 Å². The Balaban J connectivity index is 1.65. The van der Waals surface area contributed by atoms with Gasteiger partial charge in [-0.3, -0.25) is 9.78 Å². The van der Waals surface area contributed by atoms with Crippen molar-refractivity contribution in [2.45, 2.75) is 45.4 Å². The monoisotopic (exact) mass is 601 g/mol. The normalized spacial score (nSPS) is 11.6. The van der Waals surface area contributed by atoms with Gasteiger partial charge in [0.05, 0.1) is 17.7 Å². The zero-order chi connectivity index (χ0) is 30.8. The minimum atomic E-state index is -1.08. The number of carboxylic acids is 1. The van der Waals surface area contributed by atoms with E-state index < -0.39 is 12.0 Å². The van der Waals surface area contributed by atoms with Crippen LogP contribution in [0.5, 0.6) is 5.75 Å². The number of nitrogens with two attached hydrogens (primary N) is 1. The third-order valence-electron chi connectivity index (χ3n) is 7.34. The standard InChI is InChI=1S/C34H36ClN3O5/c1-22-24(11-8-12-28(22)23-9-4-3-5-10-23)21-43-32-17-29(25-15-27(33(39)40)19-37-18-25)26(16-30(32)35)20-38-31(34(41)42-2)13-6-7-14-36/h3-5,8-12,15-19,31,38H,6-7,13-14,20-21,36H2,1-2H3,(H,39,40)/t31-/m0/s1. The van der Waals surface area contributed by atoms with Gasteiger partial charge in [0.25, 0.3) is 0 Å². The number of carboxylic acid groups (broad SMARTS) is 1. The number of aromatic nitrogens is 1. The van der Waals surface area contributed by atoms with Crippen LogP contribution in [-0.2, 0) is 22.7 Å². The van der Waals surface area contributed by atoms with Crippen molar-refractivity contribution in [2.75, 3.05) is 13.7 Å². The lowest BCUT2D eigenvalue weighted by molar-refractivity contribution is -0.143. The van der Waals surface area contributed by atoms with Crippen molar-refractivity contribution in [2.24, 2.45) is 5.73 Å². The largest absolute Gasteiger partial charge is 0.487 e. The molecular formula is C34H36ClN3O5. The SMILES string of the molecule is COC(=O)[C@H](CCCCN)NCc1cc(Cl)c(OCc2cccc(-c3ccccc3)c2C)cc1-c1cncc(C(=O)O)c1. The first kappa shape index (κ1) is 31.7. The molecule has 9 heteroatoms. The second-order valence-corrected chi connectivity index (χ2v) is 10.6. The van der Waals surface area contributed by atoms with Gasteiger partial charge in [-0.05, 0) is 77.9 Å². The first-order valence-corrected chi connectivity index (χ1v) is 14.5. The number of carbonyl (C=O) groups excluding carboxylic acids is 1. The van der Waals surface area contributed by atoms with Crippen molar-refractivity contribution in [3.8, 4) is 28.0 Å². The van der Waals surface area contributed by atoms with E-state index in [0.29, 0.717) is 34.9 Å². The minimum Gasteiger partial charge on any atom is -0.487 e. The number of halogens is 1. The quantitative estimate of drug-likeness (QED) is 0.112. The van der Waals surface area contributed by atoms with Crippen LogP contribution in [0.3, 0.4) is 0 Å². The van der Waals surface area contributed by atoms with Crippen molar-refractivity contribution in [1.82, 2.24) is 10.3 Å². The van der Waals surface area contributed by atoms with Gasteiger partial charge in [0, 0.05) is 24.5 Å². The van der Waals surface area contributed by atoms with Gasteiger partial charge in [-0.1, -0.05) is 66.6 Å². The van der Waals surface area contributed by atoms with Gasteiger partial charge < -0.3 is 25.6 Å². The number of hydrogen-bond donors (Lipinski definition) is 3. The maximum Gasteiger partial charge on any atom is 0.337 e. The van der Waals surface area contributed by atoms with Crippen molar-refractivity contribution in [3.63, 3.8) is 0 Å². The molecule has 3 aromatic carbocycles. The fourth-order valence-electron chi connectivity index (χ4n) is 4.92. The fraction of sp³-hybridized carbons (Fsp3) is 0.265. The van der Waals surface area contributed by atoms with Crippen LogP contribution in [0.2, 0.25) is 5.02 Å². The fourth-order valence-corrected chi connectivity index (χ4v) is 5.16. The Kier molecular flexibility index (Phi) is 11.3. The predicted octanol–water partition coefficient (Wildman–Crippen LogP) is 6.41. The van der Waals surface area contributed by atoms with E-state index in [2.05, 4.69) is 35.4 Å². The van der Waals surface area contributed by atoms with E-state index in [1.54, 1.807) is 24.4 Å². The van der Waals surface area contributed by atoms with Crippen molar-refractivity contribution >= 4 is 23.5 Å². The van der Waals surface area contributed by atoms with E-state index in [1.807, 2.05) is 30.3 Å². The Morgan fingerprint density at radius 2 is 1.77 bits per heavy atom. The molecular weight excluding hydrogens is 566 g/mol. The summed E-state index contributed by atoms with van der Waals surface area (Å²) < 4.78 is 11.3. The Morgan fingerprint density at radius 1 is 0.977 bits per heavy atom. The van der Waals surface area contributed by atoms with Gasteiger partial charge >= 0.3 is 11.9 Å². The van der Waals surface area contributed by atoms with Gasteiger partial charge in [-0.2, -0.15) is 0 Å². The summed E-state index contributed by atoms with van der Waals surface area (Å²) in [5.74, 6) is -1.01. The molecule has 224 valence electrons. The first-order valence-electron chi connectivity index (χ1n) is 14.1. The molecule has 8 nitrogen and oxygen atoms in total. The summed E-state index contributed by atoms with van der Waals surface area (Å²) in [4.78, 5) is 28.3. The second kappa shape index (κ2) is 15.3. The Morgan fingerprint density at radius 3 is 2.49 bits per heavy atom. The molecule has 0 bridgehead atoms. The summed E-state index contributed by atoms with van der Waals surface area (Å²) in [6, 6.07) is 20.8. The predicted molar refractivity (Wildman–Crippen MR) is 168 cm³/mol. The lowest BCUT2D eigenvalue weighted by Crippen LogP contribution is -2.37. The van der Waals surface area contributed by atoms with Gasteiger partial charge in [-0.25, -0.2) is 4.79 Å². The lowest BCUT2D eigenvalue weighted by atomic mass is 9.97. The molecule has 0 aliphatic carbocycles. The topological polar surface area (TPSA) is 124 Å². The van der Waals surface area contributed by atoms with Gasteiger partial charge in [0.15, 0.2) is 0 Å². The van der Waals surface area contributed by atoms with E-state index in [4.69, 9.17) is 26.8 Å². The summed E-state index contributed by atoms with van der Waals surface area (Å²) in [5, 5.41) is 13.2. The Hall–Kier alpha value is -4.24. The molecule has 0 saturated carbocycles. The third kappa shape index (κ3) is 8.20. The summed E-state index contributed by atoms with van der Waals surface area (Å²) >= 11 is 6.74. The molecule has 0 amide bonds. The number of rotatable bonds is 14. The Bertz CT molecular complexity index is 1560. The lowest BCUT2D eigenvalue weighted by Gasteiger charge is -2.20. The van der Waals surface area contributed by atoms with E-state index in [1.165, 1.54) is 13.3 Å². The number of methoxy groups -OCH3 is 1. The molecule has 43 heavy (non-hydrogen) atoms. The molecule has 0 unspecified atom stereocenters. The van der Waals surface area contributed by atoms with E-state index in [-0.39, 0.29) is 24.7 Å². The zero-order valence-electron chi connectivity index (χ0n) is 24.3. The highest BCUT2D eigenvalue weighted by Crippen LogP contribution is 2.35. The van der Waals surface area contributed by atoms with Gasteiger partial charge in [0.2, 0.25) is 0 Å². The van der Waals surface area contributed by atoms with Gasteiger partial charge in [-0.15, -0.1) is 0 Å². The third-order valence-corrected chi connectivity index (χ3v) is 7.63. The van der Waals surface area contributed by atoms with Crippen LogP contribution >= 0.6 is 11.6 Å². The number of nitrogens with zero attached hydrogens (tertiary/aromatic N) is 1.